The van der Waals surface area contributed by atoms with Gasteiger partial charge in [-0.25, -0.2) is 22.9 Å². The van der Waals surface area contributed by atoms with Crippen molar-refractivity contribution in [1.29, 1.82) is 0 Å². The van der Waals surface area contributed by atoms with E-state index in [1.807, 2.05) is 24.3 Å². The molecular formula is C17H18F3N5O2. The van der Waals surface area contributed by atoms with Gasteiger partial charge in [-0.05, 0) is 23.8 Å². The van der Waals surface area contributed by atoms with Crippen LogP contribution in [-0.4, -0.2) is 37.6 Å². The number of urea groups is 1. The maximum atomic E-state index is 13.5. The predicted molar refractivity (Wildman–Crippen MR) is 93.7 cm³/mol. The summed E-state index contributed by atoms with van der Waals surface area (Å²) in [7, 11) is 3.70. The van der Waals surface area contributed by atoms with Crippen molar-refractivity contribution in [3.05, 3.63) is 53.5 Å². The Labute approximate surface area is 153 Å². The van der Waals surface area contributed by atoms with Crippen LogP contribution in [0.3, 0.4) is 0 Å². The van der Waals surface area contributed by atoms with Crippen molar-refractivity contribution >= 4 is 23.4 Å². The number of hydrogen-bond donors (Lipinski definition) is 3. The minimum atomic E-state index is -1.69. The van der Waals surface area contributed by atoms with Crippen LogP contribution in [0, 0.1) is 17.5 Å². The molecule has 0 unspecified atom stereocenters. The summed E-state index contributed by atoms with van der Waals surface area (Å²) < 4.78 is 39.4. The Morgan fingerprint density at radius 3 is 2.41 bits per heavy atom. The van der Waals surface area contributed by atoms with Crippen molar-refractivity contribution in [1.82, 2.24) is 15.6 Å². The first kappa shape index (κ1) is 20.0. The zero-order valence-electron chi connectivity index (χ0n) is 14.6. The van der Waals surface area contributed by atoms with E-state index in [2.05, 4.69) is 15.6 Å². The molecule has 0 bridgehead atoms. The van der Waals surface area contributed by atoms with Crippen LogP contribution < -0.4 is 20.9 Å². The lowest BCUT2D eigenvalue weighted by Gasteiger charge is -2.12. The number of carbonyl (C=O) groups excluding carboxylic acids is 2. The standard InChI is InChI=1S/C17H18F3N5O2/c1-25(2)13-6-3-10(7-21-13)8-22-17(27)23-9-14(26)24-12-5-4-11(18)15(19)16(12)20/h3-7H,8-9H2,1-2H3,(H,24,26)(H2,22,23,27). The molecule has 0 saturated carbocycles. The van der Waals surface area contributed by atoms with Gasteiger partial charge in [0.15, 0.2) is 17.5 Å². The van der Waals surface area contributed by atoms with Crippen LogP contribution in [-0.2, 0) is 11.3 Å². The zero-order valence-corrected chi connectivity index (χ0v) is 14.6. The van der Waals surface area contributed by atoms with Crippen LogP contribution in [0.5, 0.6) is 0 Å². The molecule has 0 spiro atoms. The van der Waals surface area contributed by atoms with Gasteiger partial charge in [-0.1, -0.05) is 6.07 Å². The van der Waals surface area contributed by atoms with Gasteiger partial charge < -0.3 is 20.9 Å². The Balaban J connectivity index is 1.78. The van der Waals surface area contributed by atoms with E-state index in [1.165, 1.54) is 0 Å². The SMILES string of the molecule is CN(C)c1ccc(CNC(=O)NCC(=O)Nc2ccc(F)c(F)c2F)cn1. The Kier molecular flexibility index (Phi) is 6.58. The van der Waals surface area contributed by atoms with Crippen molar-refractivity contribution in [2.75, 3.05) is 30.9 Å². The summed E-state index contributed by atoms with van der Waals surface area (Å²) in [6, 6.07) is 4.52. The van der Waals surface area contributed by atoms with Gasteiger partial charge in [-0.15, -0.1) is 0 Å². The summed E-state index contributed by atoms with van der Waals surface area (Å²) in [6.07, 6.45) is 1.61. The fraction of sp³-hybridized carbons (Fsp3) is 0.235. The quantitative estimate of drug-likeness (QED) is 0.668. The number of carbonyl (C=O) groups is 2. The third kappa shape index (κ3) is 5.59. The zero-order chi connectivity index (χ0) is 20.0. The molecule has 0 aliphatic rings. The maximum Gasteiger partial charge on any atom is 0.315 e. The van der Waals surface area contributed by atoms with E-state index >= 15 is 0 Å². The molecule has 0 aliphatic carbocycles. The monoisotopic (exact) mass is 381 g/mol. The molecule has 10 heteroatoms. The van der Waals surface area contributed by atoms with Crippen LogP contribution in [0.1, 0.15) is 5.56 Å². The number of pyridine rings is 1. The molecule has 27 heavy (non-hydrogen) atoms. The van der Waals surface area contributed by atoms with Crippen molar-refractivity contribution < 1.29 is 22.8 Å². The van der Waals surface area contributed by atoms with Crippen LogP contribution in [0.4, 0.5) is 29.5 Å². The highest BCUT2D eigenvalue weighted by Crippen LogP contribution is 2.19. The first-order chi connectivity index (χ1) is 12.8. The number of amides is 3. The Hall–Kier alpha value is -3.30. The average Bonchev–Trinajstić information content (AvgIpc) is 2.65. The lowest BCUT2D eigenvalue weighted by Crippen LogP contribution is -2.39. The Morgan fingerprint density at radius 2 is 1.78 bits per heavy atom. The van der Waals surface area contributed by atoms with Gasteiger partial charge in [0.1, 0.15) is 5.82 Å². The fourth-order valence-corrected chi connectivity index (χ4v) is 2.01. The second-order valence-corrected chi connectivity index (χ2v) is 5.73. The molecule has 2 aromatic rings. The smallest absolute Gasteiger partial charge is 0.315 e. The molecule has 2 rings (SSSR count). The first-order valence-corrected chi connectivity index (χ1v) is 7.85. The molecule has 1 aromatic heterocycles. The molecule has 144 valence electrons. The number of rotatable bonds is 6. The average molecular weight is 381 g/mol. The molecule has 1 heterocycles. The van der Waals surface area contributed by atoms with E-state index in [0.29, 0.717) is 6.07 Å². The fourth-order valence-electron chi connectivity index (χ4n) is 2.01. The van der Waals surface area contributed by atoms with E-state index in [9.17, 15) is 22.8 Å². The second kappa shape index (κ2) is 8.88. The number of anilines is 2. The molecule has 0 saturated heterocycles. The van der Waals surface area contributed by atoms with E-state index in [-0.39, 0.29) is 6.54 Å². The molecular weight excluding hydrogens is 363 g/mol. The first-order valence-electron chi connectivity index (χ1n) is 7.85. The summed E-state index contributed by atoms with van der Waals surface area (Å²) >= 11 is 0. The Morgan fingerprint density at radius 1 is 1.04 bits per heavy atom. The van der Waals surface area contributed by atoms with Gasteiger partial charge in [0.25, 0.3) is 0 Å². The molecule has 1 aromatic carbocycles. The topological polar surface area (TPSA) is 86.4 Å². The predicted octanol–water partition coefficient (Wildman–Crippen LogP) is 2.00. The number of benzene rings is 1. The van der Waals surface area contributed by atoms with Crippen molar-refractivity contribution in [3.8, 4) is 0 Å². The maximum absolute atomic E-state index is 13.5. The van der Waals surface area contributed by atoms with Gasteiger partial charge in [-0.2, -0.15) is 0 Å². The largest absolute Gasteiger partial charge is 0.363 e. The van der Waals surface area contributed by atoms with Crippen molar-refractivity contribution in [2.45, 2.75) is 6.54 Å². The van der Waals surface area contributed by atoms with Gasteiger partial charge in [0.05, 0.1) is 12.2 Å². The third-order valence-electron chi connectivity index (χ3n) is 3.44. The third-order valence-corrected chi connectivity index (χ3v) is 3.44. The van der Waals surface area contributed by atoms with Crippen molar-refractivity contribution in [3.63, 3.8) is 0 Å². The minimum Gasteiger partial charge on any atom is -0.363 e. The van der Waals surface area contributed by atoms with Crippen LogP contribution in [0.2, 0.25) is 0 Å². The van der Waals surface area contributed by atoms with Crippen LogP contribution in [0.25, 0.3) is 0 Å². The second-order valence-electron chi connectivity index (χ2n) is 5.73. The number of nitrogens with zero attached hydrogens (tertiary/aromatic N) is 2. The van der Waals surface area contributed by atoms with Gasteiger partial charge in [0, 0.05) is 26.8 Å². The van der Waals surface area contributed by atoms with Crippen molar-refractivity contribution in [2.24, 2.45) is 0 Å². The molecule has 0 aliphatic heterocycles. The molecule has 0 atom stereocenters. The van der Waals surface area contributed by atoms with Gasteiger partial charge in [-0.3, -0.25) is 4.79 Å². The highest BCUT2D eigenvalue weighted by molar-refractivity contribution is 5.94. The lowest BCUT2D eigenvalue weighted by molar-refractivity contribution is -0.115. The number of nitrogens with one attached hydrogen (secondary N) is 3. The number of hydrogen-bond acceptors (Lipinski definition) is 4. The minimum absolute atomic E-state index is 0.186. The van der Waals surface area contributed by atoms with E-state index < -0.39 is 41.6 Å². The summed E-state index contributed by atoms with van der Waals surface area (Å²) in [6.45, 7) is -0.298. The lowest BCUT2D eigenvalue weighted by atomic mass is 10.2. The summed E-state index contributed by atoms with van der Waals surface area (Å²) in [5.41, 5.74) is 0.234. The molecule has 3 amide bonds. The highest BCUT2D eigenvalue weighted by atomic mass is 19.2. The molecule has 0 fully saturated rings. The van der Waals surface area contributed by atoms with Crippen LogP contribution >= 0.6 is 0 Å². The molecule has 0 radical (unpaired) electrons. The van der Waals surface area contributed by atoms with E-state index in [0.717, 1.165) is 17.4 Å². The summed E-state index contributed by atoms with van der Waals surface area (Å²) in [5, 5.41) is 6.84. The normalized spacial score (nSPS) is 10.3. The van der Waals surface area contributed by atoms with Crippen LogP contribution in [0.15, 0.2) is 30.5 Å². The highest BCUT2D eigenvalue weighted by Gasteiger charge is 2.15. The van der Waals surface area contributed by atoms with E-state index in [1.54, 1.807) is 18.3 Å². The summed E-state index contributed by atoms with van der Waals surface area (Å²) in [4.78, 5) is 29.4. The van der Waals surface area contributed by atoms with Gasteiger partial charge >= 0.3 is 6.03 Å². The van der Waals surface area contributed by atoms with E-state index in [4.69, 9.17) is 0 Å². The number of aromatic nitrogens is 1. The molecule has 7 nitrogen and oxygen atoms in total. The number of halogens is 3. The summed E-state index contributed by atoms with van der Waals surface area (Å²) in [5.74, 6) is -4.60. The van der Waals surface area contributed by atoms with Gasteiger partial charge in [0.2, 0.25) is 5.91 Å². The molecule has 3 N–H and O–H groups in total. The Bertz CT molecular complexity index is 828.